The molecule has 0 aliphatic carbocycles. The summed E-state index contributed by atoms with van der Waals surface area (Å²) in [6.45, 7) is 8.40. The number of hydrogen-bond donors (Lipinski definition) is 1. The predicted molar refractivity (Wildman–Crippen MR) is 66.4 cm³/mol. The molecule has 0 aromatic carbocycles. The van der Waals surface area contributed by atoms with E-state index in [1.165, 1.54) is 0 Å². The number of pyridine rings is 1. The van der Waals surface area contributed by atoms with Crippen LogP contribution in [0.3, 0.4) is 0 Å². The van der Waals surface area contributed by atoms with Crippen molar-refractivity contribution in [2.24, 2.45) is 11.7 Å². The van der Waals surface area contributed by atoms with Crippen molar-refractivity contribution in [2.45, 2.75) is 46.3 Å². The molecule has 0 radical (unpaired) electrons. The maximum Gasteiger partial charge on any atom is 0.138 e. The average molecular weight is 222 g/mol. The lowest BCUT2D eigenvalue weighted by Crippen LogP contribution is -2.19. The third kappa shape index (κ3) is 3.49. The van der Waals surface area contributed by atoms with Crippen LogP contribution in [0.5, 0.6) is 5.75 Å². The molecular weight excluding hydrogens is 200 g/mol. The van der Waals surface area contributed by atoms with Crippen LogP contribution < -0.4 is 10.5 Å². The van der Waals surface area contributed by atoms with E-state index in [2.05, 4.69) is 32.7 Å². The second kappa shape index (κ2) is 5.85. The quantitative estimate of drug-likeness (QED) is 0.833. The van der Waals surface area contributed by atoms with Gasteiger partial charge in [-0.15, -0.1) is 0 Å². The molecule has 2 atom stereocenters. The Labute approximate surface area is 98.0 Å². The zero-order chi connectivity index (χ0) is 12.1. The molecule has 1 heterocycles. The molecule has 3 heteroatoms. The van der Waals surface area contributed by atoms with Gasteiger partial charge in [0.25, 0.3) is 0 Å². The Morgan fingerprint density at radius 3 is 2.44 bits per heavy atom. The van der Waals surface area contributed by atoms with Gasteiger partial charge in [0.2, 0.25) is 0 Å². The van der Waals surface area contributed by atoms with E-state index >= 15 is 0 Å². The van der Waals surface area contributed by atoms with E-state index in [1.54, 1.807) is 6.20 Å². The summed E-state index contributed by atoms with van der Waals surface area (Å²) in [5.74, 6) is 1.31. The van der Waals surface area contributed by atoms with Gasteiger partial charge >= 0.3 is 0 Å². The molecule has 1 rings (SSSR count). The Morgan fingerprint density at radius 2 is 2.00 bits per heavy atom. The van der Waals surface area contributed by atoms with Gasteiger partial charge in [0, 0.05) is 6.04 Å². The van der Waals surface area contributed by atoms with E-state index in [-0.39, 0.29) is 12.1 Å². The third-order valence-corrected chi connectivity index (χ3v) is 2.84. The third-order valence-electron chi connectivity index (χ3n) is 2.84. The van der Waals surface area contributed by atoms with Crippen molar-refractivity contribution in [3.8, 4) is 5.75 Å². The zero-order valence-electron chi connectivity index (χ0n) is 10.6. The van der Waals surface area contributed by atoms with Crippen LogP contribution in [0.15, 0.2) is 18.3 Å². The first-order valence-electron chi connectivity index (χ1n) is 5.92. The molecule has 0 aliphatic heterocycles. The summed E-state index contributed by atoms with van der Waals surface area (Å²) in [6, 6.07) is 3.91. The van der Waals surface area contributed by atoms with Gasteiger partial charge in [-0.05, 0) is 31.4 Å². The van der Waals surface area contributed by atoms with E-state index in [0.717, 1.165) is 17.9 Å². The molecule has 0 saturated carbocycles. The van der Waals surface area contributed by atoms with Gasteiger partial charge in [0.1, 0.15) is 5.75 Å². The van der Waals surface area contributed by atoms with Crippen LogP contribution in [0.2, 0.25) is 0 Å². The minimum Gasteiger partial charge on any atom is -0.489 e. The topological polar surface area (TPSA) is 48.1 Å². The number of aromatic nitrogens is 1. The van der Waals surface area contributed by atoms with Gasteiger partial charge < -0.3 is 10.5 Å². The van der Waals surface area contributed by atoms with E-state index in [9.17, 15) is 0 Å². The van der Waals surface area contributed by atoms with Gasteiger partial charge in [-0.1, -0.05) is 20.8 Å². The fourth-order valence-corrected chi connectivity index (χ4v) is 1.24. The van der Waals surface area contributed by atoms with Crippen molar-refractivity contribution in [1.82, 2.24) is 4.98 Å². The molecule has 0 amide bonds. The Kier molecular flexibility index (Phi) is 4.74. The van der Waals surface area contributed by atoms with Gasteiger partial charge in [-0.25, -0.2) is 0 Å². The molecule has 1 unspecified atom stereocenters. The molecular formula is C13H22N2O. The Morgan fingerprint density at radius 1 is 1.31 bits per heavy atom. The highest BCUT2D eigenvalue weighted by atomic mass is 16.5. The first-order chi connectivity index (χ1) is 7.54. The van der Waals surface area contributed by atoms with Crippen LogP contribution in [-0.4, -0.2) is 11.1 Å². The molecule has 3 nitrogen and oxygen atoms in total. The Balaban J connectivity index is 2.64. The Bertz CT molecular complexity index is 308. The molecule has 0 spiro atoms. The highest BCUT2D eigenvalue weighted by Crippen LogP contribution is 2.17. The van der Waals surface area contributed by atoms with Crippen molar-refractivity contribution in [2.75, 3.05) is 0 Å². The number of ether oxygens (including phenoxy) is 1. The smallest absolute Gasteiger partial charge is 0.138 e. The Hall–Kier alpha value is -1.09. The number of hydrogen-bond acceptors (Lipinski definition) is 3. The zero-order valence-corrected chi connectivity index (χ0v) is 10.6. The monoisotopic (exact) mass is 222 g/mol. The molecule has 90 valence electrons. The fourth-order valence-electron chi connectivity index (χ4n) is 1.24. The molecule has 16 heavy (non-hydrogen) atoms. The highest BCUT2D eigenvalue weighted by Gasteiger charge is 2.09. The molecule has 1 aromatic rings. The van der Waals surface area contributed by atoms with Crippen LogP contribution in [0.25, 0.3) is 0 Å². The number of rotatable bonds is 5. The van der Waals surface area contributed by atoms with Crippen LogP contribution >= 0.6 is 0 Å². The summed E-state index contributed by atoms with van der Waals surface area (Å²) in [7, 11) is 0. The maximum atomic E-state index is 5.89. The normalized spacial score (nSPS) is 14.9. The van der Waals surface area contributed by atoms with Crippen molar-refractivity contribution in [3.63, 3.8) is 0 Å². The SMILES string of the molecule is CC[C@@H](N)c1ccc(OC(C)C(C)C)cn1. The molecule has 0 aliphatic rings. The first kappa shape index (κ1) is 13.0. The van der Waals surface area contributed by atoms with Gasteiger partial charge in [0.05, 0.1) is 18.0 Å². The minimum atomic E-state index is 0.0246. The summed E-state index contributed by atoms with van der Waals surface area (Å²) in [6.07, 6.45) is 2.85. The minimum absolute atomic E-state index is 0.0246. The second-order valence-electron chi connectivity index (χ2n) is 4.50. The predicted octanol–water partition coefficient (Wildman–Crippen LogP) is 2.91. The number of nitrogens with two attached hydrogens (primary N) is 1. The van der Waals surface area contributed by atoms with Crippen LogP contribution in [0, 0.1) is 5.92 Å². The van der Waals surface area contributed by atoms with Crippen molar-refractivity contribution >= 4 is 0 Å². The second-order valence-corrected chi connectivity index (χ2v) is 4.50. The van der Waals surface area contributed by atoms with Crippen LogP contribution in [0.1, 0.15) is 45.9 Å². The van der Waals surface area contributed by atoms with Crippen molar-refractivity contribution in [1.29, 1.82) is 0 Å². The average Bonchev–Trinajstić information content (AvgIpc) is 2.28. The lowest BCUT2D eigenvalue weighted by Gasteiger charge is -2.18. The molecule has 0 fully saturated rings. The molecule has 2 N–H and O–H groups in total. The summed E-state index contributed by atoms with van der Waals surface area (Å²) >= 11 is 0. The van der Waals surface area contributed by atoms with E-state index in [1.807, 2.05) is 12.1 Å². The lowest BCUT2D eigenvalue weighted by atomic mass is 10.1. The van der Waals surface area contributed by atoms with Crippen molar-refractivity contribution in [3.05, 3.63) is 24.0 Å². The molecule has 1 aromatic heterocycles. The largest absolute Gasteiger partial charge is 0.489 e. The summed E-state index contributed by atoms with van der Waals surface area (Å²) in [5.41, 5.74) is 6.81. The highest BCUT2D eigenvalue weighted by molar-refractivity contribution is 5.21. The van der Waals surface area contributed by atoms with E-state index in [4.69, 9.17) is 10.5 Å². The van der Waals surface area contributed by atoms with Gasteiger partial charge in [-0.2, -0.15) is 0 Å². The molecule has 0 saturated heterocycles. The molecule has 0 bridgehead atoms. The first-order valence-corrected chi connectivity index (χ1v) is 5.92. The summed E-state index contributed by atoms with van der Waals surface area (Å²) in [5, 5.41) is 0. The number of nitrogens with zero attached hydrogens (tertiary/aromatic N) is 1. The maximum absolute atomic E-state index is 5.89. The fraction of sp³-hybridized carbons (Fsp3) is 0.615. The lowest BCUT2D eigenvalue weighted by molar-refractivity contribution is 0.170. The summed E-state index contributed by atoms with van der Waals surface area (Å²) < 4.78 is 5.74. The van der Waals surface area contributed by atoms with Gasteiger partial charge in [-0.3, -0.25) is 4.98 Å². The van der Waals surface area contributed by atoms with Gasteiger partial charge in [0.15, 0.2) is 0 Å². The standard InChI is InChI=1S/C13H22N2O/c1-5-12(14)13-7-6-11(8-15-13)16-10(4)9(2)3/h6-10,12H,5,14H2,1-4H3/t10?,12-/m1/s1. The summed E-state index contributed by atoms with van der Waals surface area (Å²) in [4.78, 5) is 4.31. The van der Waals surface area contributed by atoms with E-state index in [0.29, 0.717) is 5.92 Å². The van der Waals surface area contributed by atoms with E-state index < -0.39 is 0 Å². The van der Waals surface area contributed by atoms with Crippen LogP contribution in [0.4, 0.5) is 0 Å². The van der Waals surface area contributed by atoms with Crippen molar-refractivity contribution < 1.29 is 4.74 Å². The van der Waals surface area contributed by atoms with Crippen LogP contribution in [-0.2, 0) is 0 Å².